The lowest BCUT2D eigenvalue weighted by Gasteiger charge is -2.27. The topological polar surface area (TPSA) is 12.0 Å². The molecule has 16 heavy (non-hydrogen) atoms. The van der Waals surface area contributed by atoms with Gasteiger partial charge in [-0.05, 0) is 19.1 Å². The van der Waals surface area contributed by atoms with Crippen LogP contribution in [0.4, 0.5) is 27.6 Å². The normalized spacial score (nSPS) is 14.6. The molecule has 0 aliphatic carbocycles. The van der Waals surface area contributed by atoms with Crippen molar-refractivity contribution in [3.05, 3.63) is 30.3 Å². The Kier molecular flexibility index (Phi) is 3.40. The number of anilines is 1. The molecule has 1 aromatic carbocycles. The van der Waals surface area contributed by atoms with E-state index in [4.69, 9.17) is 0 Å². The fraction of sp³-hybridized carbons (Fsp3) is 0.400. The van der Waals surface area contributed by atoms with Gasteiger partial charge >= 0.3 is 12.1 Å². The minimum Gasteiger partial charge on any atom is -0.376 e. The fourth-order valence-corrected chi connectivity index (χ4v) is 1.12. The second-order valence-electron chi connectivity index (χ2n) is 3.35. The fourth-order valence-electron chi connectivity index (χ4n) is 1.12. The van der Waals surface area contributed by atoms with Crippen LogP contribution in [0.5, 0.6) is 0 Å². The standard InChI is InChI=1S/C10H10F5N/c1-7(9(11,12)10(13,14)15)16-8-5-3-2-4-6-8/h2-7,16H,1H3. The van der Waals surface area contributed by atoms with Crippen molar-refractivity contribution in [2.24, 2.45) is 0 Å². The number of nitrogens with one attached hydrogen (secondary N) is 1. The van der Waals surface area contributed by atoms with Crippen molar-refractivity contribution in [1.82, 2.24) is 0 Å². The Hall–Kier alpha value is -1.33. The Morgan fingerprint density at radius 2 is 1.50 bits per heavy atom. The molecule has 0 heterocycles. The summed E-state index contributed by atoms with van der Waals surface area (Å²) in [5.41, 5.74) is 0.221. The van der Waals surface area contributed by atoms with Gasteiger partial charge in [-0.15, -0.1) is 0 Å². The number of alkyl halides is 5. The van der Waals surface area contributed by atoms with Gasteiger partial charge in [0.1, 0.15) is 0 Å². The molecule has 1 aromatic rings. The van der Waals surface area contributed by atoms with Crippen molar-refractivity contribution in [3.63, 3.8) is 0 Å². The van der Waals surface area contributed by atoms with Crippen LogP contribution >= 0.6 is 0 Å². The molecule has 0 fully saturated rings. The van der Waals surface area contributed by atoms with E-state index in [1.165, 1.54) is 12.1 Å². The van der Waals surface area contributed by atoms with Gasteiger partial charge in [0.15, 0.2) is 0 Å². The number of benzene rings is 1. The van der Waals surface area contributed by atoms with Gasteiger partial charge in [0.2, 0.25) is 0 Å². The molecule has 1 rings (SSSR count). The van der Waals surface area contributed by atoms with Gasteiger partial charge in [0.05, 0.1) is 6.04 Å². The molecular formula is C10H10F5N. The maximum absolute atomic E-state index is 12.8. The second kappa shape index (κ2) is 4.27. The third kappa shape index (κ3) is 2.62. The zero-order valence-electron chi connectivity index (χ0n) is 8.35. The van der Waals surface area contributed by atoms with E-state index in [0.717, 1.165) is 6.92 Å². The van der Waals surface area contributed by atoms with Gasteiger partial charge in [-0.2, -0.15) is 22.0 Å². The number of halogens is 5. The Morgan fingerprint density at radius 3 is 1.94 bits per heavy atom. The minimum absolute atomic E-state index is 0.221. The van der Waals surface area contributed by atoms with Crippen LogP contribution in [-0.2, 0) is 0 Å². The first-order valence-electron chi connectivity index (χ1n) is 4.51. The monoisotopic (exact) mass is 239 g/mol. The largest absolute Gasteiger partial charge is 0.455 e. The van der Waals surface area contributed by atoms with Crippen molar-refractivity contribution in [2.45, 2.75) is 25.1 Å². The van der Waals surface area contributed by atoms with E-state index in [1.807, 2.05) is 0 Å². The smallest absolute Gasteiger partial charge is 0.376 e. The number of para-hydroxylation sites is 1. The molecular weight excluding hydrogens is 229 g/mol. The van der Waals surface area contributed by atoms with Gasteiger partial charge in [-0.3, -0.25) is 0 Å². The van der Waals surface area contributed by atoms with E-state index in [-0.39, 0.29) is 5.69 Å². The molecule has 0 saturated carbocycles. The van der Waals surface area contributed by atoms with E-state index >= 15 is 0 Å². The van der Waals surface area contributed by atoms with Crippen molar-refractivity contribution >= 4 is 5.69 Å². The first-order valence-corrected chi connectivity index (χ1v) is 4.51. The van der Waals surface area contributed by atoms with Crippen LogP contribution < -0.4 is 5.32 Å². The summed E-state index contributed by atoms with van der Waals surface area (Å²) in [4.78, 5) is 0. The molecule has 1 atom stereocenters. The zero-order valence-corrected chi connectivity index (χ0v) is 8.35. The number of rotatable bonds is 3. The molecule has 0 amide bonds. The van der Waals surface area contributed by atoms with Crippen molar-refractivity contribution < 1.29 is 22.0 Å². The van der Waals surface area contributed by atoms with Crippen LogP contribution in [0.1, 0.15) is 6.92 Å². The molecule has 0 saturated heterocycles. The van der Waals surface area contributed by atoms with E-state index in [9.17, 15) is 22.0 Å². The summed E-state index contributed by atoms with van der Waals surface area (Å²) < 4.78 is 61.6. The predicted octanol–water partition coefficient (Wildman–Crippen LogP) is 3.68. The number of hydrogen-bond acceptors (Lipinski definition) is 1. The minimum atomic E-state index is -5.55. The summed E-state index contributed by atoms with van der Waals surface area (Å²) >= 11 is 0. The van der Waals surface area contributed by atoms with Crippen LogP contribution in [0.3, 0.4) is 0 Å². The molecule has 1 nitrogen and oxygen atoms in total. The van der Waals surface area contributed by atoms with Gasteiger partial charge in [-0.25, -0.2) is 0 Å². The third-order valence-electron chi connectivity index (χ3n) is 2.08. The summed E-state index contributed by atoms with van der Waals surface area (Å²) in [5.74, 6) is -4.76. The van der Waals surface area contributed by atoms with Gasteiger partial charge < -0.3 is 5.32 Å². The van der Waals surface area contributed by atoms with E-state index < -0.39 is 18.1 Å². The molecule has 0 bridgehead atoms. The highest BCUT2D eigenvalue weighted by Crippen LogP contribution is 2.38. The molecule has 1 N–H and O–H groups in total. The van der Waals surface area contributed by atoms with Crippen LogP contribution in [0.25, 0.3) is 0 Å². The molecule has 0 aliphatic rings. The van der Waals surface area contributed by atoms with Crippen molar-refractivity contribution in [1.29, 1.82) is 0 Å². The Labute approximate surface area is 89.3 Å². The zero-order chi connectivity index (χ0) is 12.4. The second-order valence-corrected chi connectivity index (χ2v) is 3.35. The summed E-state index contributed by atoms with van der Waals surface area (Å²) in [5, 5.41) is 2.12. The average molecular weight is 239 g/mol. The molecule has 6 heteroatoms. The van der Waals surface area contributed by atoms with Crippen LogP contribution in [-0.4, -0.2) is 18.1 Å². The highest BCUT2D eigenvalue weighted by Gasteiger charge is 2.61. The lowest BCUT2D eigenvalue weighted by molar-refractivity contribution is -0.285. The predicted molar refractivity (Wildman–Crippen MR) is 50.5 cm³/mol. The molecule has 0 aliphatic heterocycles. The third-order valence-corrected chi connectivity index (χ3v) is 2.08. The average Bonchev–Trinajstić information content (AvgIpc) is 2.17. The highest BCUT2D eigenvalue weighted by molar-refractivity contribution is 5.43. The van der Waals surface area contributed by atoms with E-state index in [2.05, 4.69) is 5.32 Å². The molecule has 0 radical (unpaired) electrons. The summed E-state index contributed by atoms with van der Waals surface area (Å²) in [6.07, 6.45) is -5.55. The van der Waals surface area contributed by atoms with Gasteiger partial charge in [-0.1, -0.05) is 18.2 Å². The maximum Gasteiger partial charge on any atom is 0.455 e. The quantitative estimate of drug-likeness (QED) is 0.793. The molecule has 0 spiro atoms. The Balaban J connectivity index is 2.76. The number of hydrogen-bond donors (Lipinski definition) is 1. The first kappa shape index (κ1) is 12.7. The van der Waals surface area contributed by atoms with Crippen molar-refractivity contribution in [2.75, 3.05) is 5.32 Å². The summed E-state index contributed by atoms with van der Waals surface area (Å²) in [6.45, 7) is 0.792. The lowest BCUT2D eigenvalue weighted by Crippen LogP contribution is -2.49. The van der Waals surface area contributed by atoms with Crippen LogP contribution in [0, 0.1) is 0 Å². The van der Waals surface area contributed by atoms with Crippen LogP contribution in [0.15, 0.2) is 30.3 Å². The molecule has 0 aromatic heterocycles. The van der Waals surface area contributed by atoms with Gasteiger partial charge in [0, 0.05) is 5.69 Å². The van der Waals surface area contributed by atoms with Crippen molar-refractivity contribution in [3.8, 4) is 0 Å². The van der Waals surface area contributed by atoms with Gasteiger partial charge in [0.25, 0.3) is 0 Å². The van der Waals surface area contributed by atoms with Crippen LogP contribution in [0.2, 0.25) is 0 Å². The molecule has 1 unspecified atom stereocenters. The SMILES string of the molecule is CC(Nc1ccccc1)C(F)(F)C(F)(F)F. The summed E-state index contributed by atoms with van der Waals surface area (Å²) in [6, 6.07) is 5.54. The first-order chi connectivity index (χ1) is 7.25. The molecule has 90 valence electrons. The maximum atomic E-state index is 12.8. The van der Waals surface area contributed by atoms with E-state index in [1.54, 1.807) is 18.2 Å². The van der Waals surface area contributed by atoms with E-state index in [0.29, 0.717) is 0 Å². The Bertz CT molecular complexity index is 333. The lowest BCUT2D eigenvalue weighted by atomic mass is 10.1. The highest BCUT2D eigenvalue weighted by atomic mass is 19.4. The Morgan fingerprint density at radius 1 is 1.00 bits per heavy atom. The summed E-state index contributed by atoms with van der Waals surface area (Å²) in [7, 11) is 0.